The zero-order valence-corrected chi connectivity index (χ0v) is 36.8. The van der Waals surface area contributed by atoms with Gasteiger partial charge in [0.1, 0.15) is 0 Å². The van der Waals surface area contributed by atoms with Crippen LogP contribution < -0.4 is 4.90 Å². The molecule has 63 heavy (non-hydrogen) atoms. The van der Waals surface area contributed by atoms with E-state index in [0.29, 0.717) is 11.8 Å². The van der Waals surface area contributed by atoms with Gasteiger partial charge in [-0.3, -0.25) is 0 Å². The van der Waals surface area contributed by atoms with Crippen LogP contribution in [0.15, 0.2) is 170 Å². The summed E-state index contributed by atoms with van der Waals surface area (Å²) in [7, 11) is 0. The highest BCUT2D eigenvalue weighted by atomic mass is 15.1. The highest BCUT2D eigenvalue weighted by molar-refractivity contribution is 6.11. The summed E-state index contributed by atoms with van der Waals surface area (Å²) in [6.45, 7) is 4.80. The van der Waals surface area contributed by atoms with Crippen LogP contribution in [0.4, 0.5) is 17.1 Å². The van der Waals surface area contributed by atoms with E-state index in [1.165, 1.54) is 164 Å². The molecule has 310 valence electrons. The van der Waals surface area contributed by atoms with Crippen molar-refractivity contribution in [3.05, 3.63) is 192 Å². The lowest BCUT2D eigenvalue weighted by molar-refractivity contribution is 0.444. The van der Waals surface area contributed by atoms with E-state index in [0.717, 1.165) is 0 Å². The van der Waals surface area contributed by atoms with Crippen LogP contribution in [0.5, 0.6) is 0 Å². The molecule has 0 amide bonds. The summed E-state index contributed by atoms with van der Waals surface area (Å²) in [5.74, 6) is 1.23. The van der Waals surface area contributed by atoms with Gasteiger partial charge in [-0.25, -0.2) is 0 Å². The van der Waals surface area contributed by atoms with Gasteiger partial charge < -0.3 is 9.47 Å². The minimum atomic E-state index is -0.124. The van der Waals surface area contributed by atoms with Crippen LogP contribution in [0, 0.1) is 0 Å². The molecule has 0 aliphatic heterocycles. The number of benzene rings is 8. The summed E-state index contributed by atoms with van der Waals surface area (Å²) >= 11 is 0. The van der Waals surface area contributed by atoms with Crippen molar-refractivity contribution in [1.82, 2.24) is 4.57 Å². The average Bonchev–Trinajstić information content (AvgIpc) is 3.79. The number of para-hydroxylation sites is 2. The Balaban J connectivity index is 1.10. The van der Waals surface area contributed by atoms with Crippen LogP contribution in [0.2, 0.25) is 0 Å². The lowest BCUT2D eigenvalue weighted by Gasteiger charge is -2.30. The Morgan fingerprint density at radius 2 is 1.11 bits per heavy atom. The Hall–Kier alpha value is -6.38. The van der Waals surface area contributed by atoms with Gasteiger partial charge >= 0.3 is 0 Å². The van der Waals surface area contributed by atoms with Crippen molar-refractivity contribution in [3.63, 3.8) is 0 Å². The molecule has 3 aliphatic rings. The molecule has 1 aromatic heterocycles. The smallest absolute Gasteiger partial charge is 0.0543 e. The van der Waals surface area contributed by atoms with E-state index < -0.39 is 0 Å². The number of hydrogen-bond donors (Lipinski definition) is 0. The van der Waals surface area contributed by atoms with Crippen LogP contribution in [0.25, 0.3) is 60.5 Å². The van der Waals surface area contributed by atoms with E-state index in [1.807, 2.05) is 0 Å². The van der Waals surface area contributed by atoms with Crippen LogP contribution >= 0.6 is 0 Å². The van der Waals surface area contributed by atoms with E-state index >= 15 is 0 Å². The predicted octanol–water partition coefficient (Wildman–Crippen LogP) is 17.5. The second-order valence-corrected chi connectivity index (χ2v) is 19.3. The third-order valence-electron chi connectivity index (χ3n) is 15.4. The minimum absolute atomic E-state index is 0.124. The highest BCUT2D eigenvalue weighted by Gasteiger charge is 2.36. The van der Waals surface area contributed by atoms with Crippen LogP contribution in [0.1, 0.15) is 112 Å². The molecule has 9 aromatic rings. The van der Waals surface area contributed by atoms with Gasteiger partial charge in [-0.15, -0.1) is 0 Å². The average molecular weight is 817 g/mol. The number of nitrogens with zero attached hydrogens (tertiary/aromatic N) is 2. The minimum Gasteiger partial charge on any atom is -0.310 e. The standard InChI is InChI=1S/C61H56N2/c1-61(2)55-30-14-12-26-49(55)50-36-33-47(40-56(50)61)62(57-31-15-13-27-51(57)53-29-17-23-43-22-16-28-48(60(43)53)42-20-8-4-9-21-42)46-34-37-58-54(39-46)52-35-32-44(41-18-6-3-7-19-41)38-59(52)63(58)45-24-10-5-11-25-45/h5,10-17,22-42H,3-4,6-9,18-21H2,1-2H3. The molecule has 3 aliphatic carbocycles. The molecule has 2 nitrogen and oxygen atoms in total. The third-order valence-corrected chi connectivity index (χ3v) is 15.4. The summed E-state index contributed by atoms with van der Waals surface area (Å²) in [5, 5.41) is 5.33. The molecule has 0 atom stereocenters. The molecule has 0 saturated heterocycles. The van der Waals surface area contributed by atoms with Gasteiger partial charge in [-0.1, -0.05) is 168 Å². The third kappa shape index (κ3) is 6.36. The molecule has 2 heteroatoms. The number of rotatable bonds is 7. The van der Waals surface area contributed by atoms with E-state index in [4.69, 9.17) is 0 Å². The van der Waals surface area contributed by atoms with Gasteiger partial charge in [0, 0.05) is 38.8 Å². The summed E-state index contributed by atoms with van der Waals surface area (Å²) < 4.78 is 2.51. The van der Waals surface area contributed by atoms with Crippen molar-refractivity contribution in [1.29, 1.82) is 0 Å². The molecule has 8 aromatic carbocycles. The quantitative estimate of drug-likeness (QED) is 0.156. The summed E-state index contributed by atoms with van der Waals surface area (Å²) in [6, 6.07) is 65.1. The Kier molecular flexibility index (Phi) is 9.40. The van der Waals surface area contributed by atoms with Crippen LogP contribution in [-0.2, 0) is 5.41 Å². The molecule has 0 radical (unpaired) electrons. The van der Waals surface area contributed by atoms with Gasteiger partial charge in [0.05, 0.1) is 16.7 Å². The fourth-order valence-corrected chi connectivity index (χ4v) is 12.2. The molecule has 12 rings (SSSR count). The largest absolute Gasteiger partial charge is 0.310 e. The van der Waals surface area contributed by atoms with Gasteiger partial charge in [0.25, 0.3) is 0 Å². The highest BCUT2D eigenvalue weighted by Crippen LogP contribution is 2.52. The first-order valence-corrected chi connectivity index (χ1v) is 23.8. The first-order chi connectivity index (χ1) is 31.0. The van der Waals surface area contributed by atoms with E-state index in [1.54, 1.807) is 0 Å². The maximum atomic E-state index is 2.57. The molecular weight excluding hydrogens is 761 g/mol. The molecule has 0 spiro atoms. The number of anilines is 3. The molecule has 0 unspecified atom stereocenters. The molecule has 0 bridgehead atoms. The first-order valence-electron chi connectivity index (χ1n) is 23.8. The molecule has 0 N–H and O–H groups in total. The Labute approximate surface area is 372 Å². The van der Waals surface area contributed by atoms with E-state index in [-0.39, 0.29) is 5.41 Å². The van der Waals surface area contributed by atoms with E-state index in [2.05, 4.69) is 193 Å². The van der Waals surface area contributed by atoms with Crippen molar-refractivity contribution in [3.8, 4) is 27.9 Å². The number of fused-ring (bicyclic) bond motifs is 7. The Morgan fingerprint density at radius 3 is 1.92 bits per heavy atom. The molecule has 2 fully saturated rings. The van der Waals surface area contributed by atoms with Gasteiger partial charge in [-0.2, -0.15) is 0 Å². The summed E-state index contributed by atoms with van der Waals surface area (Å²) in [5.41, 5.74) is 18.2. The summed E-state index contributed by atoms with van der Waals surface area (Å²) in [4.78, 5) is 2.57. The van der Waals surface area contributed by atoms with Crippen LogP contribution in [0.3, 0.4) is 0 Å². The normalized spacial score (nSPS) is 16.4. The van der Waals surface area contributed by atoms with Crippen molar-refractivity contribution in [2.45, 2.75) is 95.3 Å². The number of hydrogen-bond acceptors (Lipinski definition) is 1. The van der Waals surface area contributed by atoms with Crippen LogP contribution in [-0.4, -0.2) is 4.57 Å². The lowest BCUT2D eigenvalue weighted by Crippen LogP contribution is -2.17. The lowest BCUT2D eigenvalue weighted by atomic mass is 9.80. The first kappa shape index (κ1) is 38.3. The number of aromatic nitrogens is 1. The topological polar surface area (TPSA) is 8.17 Å². The van der Waals surface area contributed by atoms with E-state index in [9.17, 15) is 0 Å². The van der Waals surface area contributed by atoms with Crippen molar-refractivity contribution in [2.75, 3.05) is 4.90 Å². The molecule has 1 heterocycles. The zero-order valence-electron chi connectivity index (χ0n) is 36.8. The maximum absolute atomic E-state index is 2.57. The Bertz CT molecular complexity index is 3170. The van der Waals surface area contributed by atoms with Crippen molar-refractivity contribution in [2.24, 2.45) is 0 Å². The van der Waals surface area contributed by atoms with Crippen molar-refractivity contribution >= 4 is 49.6 Å². The summed E-state index contributed by atoms with van der Waals surface area (Å²) in [6.07, 6.45) is 13.1. The molecule has 2 saturated carbocycles. The second-order valence-electron chi connectivity index (χ2n) is 19.3. The van der Waals surface area contributed by atoms with Gasteiger partial charge in [-0.05, 0) is 142 Å². The van der Waals surface area contributed by atoms with Crippen molar-refractivity contribution < 1.29 is 0 Å². The predicted molar refractivity (Wildman–Crippen MR) is 268 cm³/mol. The van der Waals surface area contributed by atoms with Gasteiger partial charge in [0.2, 0.25) is 0 Å². The fraction of sp³-hybridized carbons (Fsp3) is 0.246. The van der Waals surface area contributed by atoms with Gasteiger partial charge in [0.15, 0.2) is 0 Å². The maximum Gasteiger partial charge on any atom is 0.0543 e. The monoisotopic (exact) mass is 816 g/mol. The molecular formula is C61H56N2. The fourth-order valence-electron chi connectivity index (χ4n) is 12.2. The second kappa shape index (κ2) is 15.5. The zero-order chi connectivity index (χ0) is 42.1. The SMILES string of the molecule is CC1(C)c2ccccc2-c2ccc(N(c3ccc4c(c3)c3ccc(C5CCCCC5)cc3n4-c3ccccc3)c3ccccc3-c3cccc4cccc(C5CCCCC5)c34)cc21. The Morgan fingerprint density at radius 1 is 0.460 bits per heavy atom.